The monoisotopic (exact) mass is 383 g/mol. The molecule has 1 heterocycles. The van der Waals surface area contributed by atoms with Crippen molar-refractivity contribution in [1.29, 1.82) is 0 Å². The summed E-state index contributed by atoms with van der Waals surface area (Å²) in [7, 11) is 0. The summed E-state index contributed by atoms with van der Waals surface area (Å²) in [6.07, 6.45) is 2.71. The van der Waals surface area contributed by atoms with Gasteiger partial charge < -0.3 is 19.5 Å². The lowest BCUT2D eigenvalue weighted by Crippen LogP contribution is -3.15. The molecule has 2 atom stereocenters. The Morgan fingerprint density at radius 1 is 1.18 bits per heavy atom. The van der Waals surface area contributed by atoms with Crippen molar-refractivity contribution in [1.82, 2.24) is 0 Å². The zero-order valence-electron chi connectivity index (χ0n) is 16.8. The summed E-state index contributed by atoms with van der Waals surface area (Å²) in [6.45, 7) is 8.38. The molecule has 0 aliphatic carbocycles. The fourth-order valence-corrected chi connectivity index (χ4v) is 3.69. The standard InChI is InChI=1S/C23H30N2O3/c1-3-13-28-21-10-9-20(22(26)16-21)17-24-18(2)23(19-7-5-4-6-8-19)25-11-14-27-15-12-25/h4-10,16-18,23,26H,3,11-15H2,1-2H3/p+1/t18-,23+/m0/s1. The molecule has 2 N–H and O–H groups in total. The van der Waals surface area contributed by atoms with Crippen LogP contribution in [-0.4, -0.2) is 50.3 Å². The van der Waals surface area contributed by atoms with Crippen molar-refractivity contribution >= 4 is 6.21 Å². The van der Waals surface area contributed by atoms with Crippen LogP contribution in [0.3, 0.4) is 0 Å². The van der Waals surface area contributed by atoms with Gasteiger partial charge in [-0.15, -0.1) is 0 Å². The molecule has 0 amide bonds. The Morgan fingerprint density at radius 3 is 2.61 bits per heavy atom. The lowest BCUT2D eigenvalue weighted by atomic mass is 9.98. The number of hydrogen-bond acceptors (Lipinski definition) is 4. The van der Waals surface area contributed by atoms with Gasteiger partial charge in [-0.1, -0.05) is 37.3 Å². The van der Waals surface area contributed by atoms with Crippen LogP contribution in [0.1, 0.15) is 37.4 Å². The summed E-state index contributed by atoms with van der Waals surface area (Å²) in [5.74, 6) is 0.879. The number of morpholine rings is 1. The SMILES string of the molecule is CCCOc1ccc(C=N[C@@H](C)[C@H](c2ccccc2)[NH+]2CCOCC2)c(O)c1. The highest BCUT2D eigenvalue weighted by Crippen LogP contribution is 2.23. The van der Waals surface area contributed by atoms with Gasteiger partial charge in [0, 0.05) is 23.4 Å². The molecule has 150 valence electrons. The quantitative estimate of drug-likeness (QED) is 0.689. The molecule has 5 heteroatoms. The number of rotatable bonds is 8. The predicted octanol–water partition coefficient (Wildman–Crippen LogP) is 2.64. The van der Waals surface area contributed by atoms with Crippen LogP contribution in [0, 0.1) is 0 Å². The van der Waals surface area contributed by atoms with Gasteiger partial charge in [0.15, 0.2) is 0 Å². The summed E-state index contributed by atoms with van der Waals surface area (Å²) in [5.41, 5.74) is 2.00. The number of nitrogens with zero attached hydrogens (tertiary/aromatic N) is 1. The van der Waals surface area contributed by atoms with Crippen LogP contribution in [0.4, 0.5) is 0 Å². The molecule has 2 aromatic carbocycles. The normalized spacial score (nSPS) is 17.5. The summed E-state index contributed by atoms with van der Waals surface area (Å²) in [5, 5.41) is 10.3. The van der Waals surface area contributed by atoms with Crippen LogP contribution >= 0.6 is 0 Å². The lowest BCUT2D eigenvalue weighted by Gasteiger charge is -2.33. The third-order valence-corrected chi connectivity index (χ3v) is 5.14. The minimum atomic E-state index is 0.0749. The Hall–Kier alpha value is -2.37. The first-order valence-corrected chi connectivity index (χ1v) is 10.1. The third kappa shape index (κ3) is 5.33. The molecule has 1 saturated heterocycles. The molecule has 28 heavy (non-hydrogen) atoms. The van der Waals surface area contributed by atoms with Gasteiger partial charge in [0.25, 0.3) is 0 Å². The van der Waals surface area contributed by atoms with Gasteiger partial charge in [0.1, 0.15) is 36.7 Å². The summed E-state index contributed by atoms with van der Waals surface area (Å²) in [6, 6.07) is 16.3. The van der Waals surface area contributed by atoms with Gasteiger partial charge in [0.2, 0.25) is 0 Å². The van der Waals surface area contributed by atoms with Crippen LogP contribution in [0.25, 0.3) is 0 Å². The molecule has 5 nitrogen and oxygen atoms in total. The molecule has 0 aromatic heterocycles. The summed E-state index contributed by atoms with van der Waals surface area (Å²) >= 11 is 0. The van der Waals surface area contributed by atoms with Crippen molar-refractivity contribution in [3.63, 3.8) is 0 Å². The van der Waals surface area contributed by atoms with Crippen LogP contribution in [0.5, 0.6) is 11.5 Å². The number of nitrogens with one attached hydrogen (secondary N) is 1. The molecule has 0 radical (unpaired) electrons. The molecular weight excluding hydrogens is 352 g/mol. The maximum absolute atomic E-state index is 10.3. The van der Waals surface area contributed by atoms with E-state index in [1.165, 1.54) is 10.5 Å². The van der Waals surface area contributed by atoms with E-state index >= 15 is 0 Å². The maximum atomic E-state index is 10.3. The van der Waals surface area contributed by atoms with Crippen molar-refractivity contribution < 1.29 is 19.5 Å². The van der Waals surface area contributed by atoms with E-state index in [0.717, 1.165) is 32.7 Å². The van der Waals surface area contributed by atoms with Crippen LogP contribution in [0.2, 0.25) is 0 Å². The molecule has 2 aromatic rings. The second-order valence-electron chi connectivity index (χ2n) is 7.25. The number of ether oxygens (including phenoxy) is 2. The summed E-state index contributed by atoms with van der Waals surface area (Å²) < 4.78 is 11.1. The highest BCUT2D eigenvalue weighted by Gasteiger charge is 2.30. The van der Waals surface area contributed by atoms with E-state index in [0.29, 0.717) is 17.9 Å². The smallest absolute Gasteiger partial charge is 0.136 e. The molecule has 1 aliphatic rings. The van der Waals surface area contributed by atoms with Crippen molar-refractivity contribution in [2.24, 2.45) is 4.99 Å². The van der Waals surface area contributed by atoms with Gasteiger partial charge in [-0.05, 0) is 25.5 Å². The second-order valence-corrected chi connectivity index (χ2v) is 7.25. The Bertz CT molecular complexity index is 758. The van der Waals surface area contributed by atoms with Gasteiger partial charge in [0.05, 0.1) is 19.8 Å². The molecule has 3 rings (SSSR count). The Labute approximate surface area is 167 Å². The first-order valence-electron chi connectivity index (χ1n) is 10.1. The van der Waals surface area contributed by atoms with Gasteiger partial charge >= 0.3 is 0 Å². The van der Waals surface area contributed by atoms with Crippen molar-refractivity contribution in [3.8, 4) is 11.5 Å². The highest BCUT2D eigenvalue weighted by molar-refractivity contribution is 5.83. The van der Waals surface area contributed by atoms with E-state index in [1.807, 2.05) is 18.2 Å². The predicted molar refractivity (Wildman–Crippen MR) is 112 cm³/mol. The first kappa shape index (κ1) is 20.4. The maximum Gasteiger partial charge on any atom is 0.136 e. The van der Waals surface area contributed by atoms with E-state index in [-0.39, 0.29) is 17.8 Å². The van der Waals surface area contributed by atoms with E-state index in [2.05, 4.69) is 38.1 Å². The average Bonchev–Trinajstić information content (AvgIpc) is 2.73. The Morgan fingerprint density at radius 2 is 1.93 bits per heavy atom. The van der Waals surface area contributed by atoms with Gasteiger partial charge in [-0.2, -0.15) is 0 Å². The molecule has 1 fully saturated rings. The third-order valence-electron chi connectivity index (χ3n) is 5.14. The van der Waals surface area contributed by atoms with Crippen LogP contribution < -0.4 is 9.64 Å². The lowest BCUT2D eigenvalue weighted by molar-refractivity contribution is -0.940. The van der Waals surface area contributed by atoms with E-state index in [1.54, 1.807) is 12.3 Å². The summed E-state index contributed by atoms with van der Waals surface area (Å²) in [4.78, 5) is 6.31. The molecule has 1 aliphatic heterocycles. The fraction of sp³-hybridized carbons (Fsp3) is 0.435. The zero-order valence-corrected chi connectivity index (χ0v) is 16.8. The number of hydrogen-bond donors (Lipinski definition) is 2. The van der Waals surface area contributed by atoms with Crippen LogP contribution in [-0.2, 0) is 4.74 Å². The second kappa shape index (κ2) is 10.2. The Kier molecular flexibility index (Phi) is 7.46. The van der Waals surface area contributed by atoms with Crippen LogP contribution in [0.15, 0.2) is 53.5 Å². The zero-order chi connectivity index (χ0) is 19.8. The molecule has 0 unspecified atom stereocenters. The average molecular weight is 384 g/mol. The fourth-order valence-electron chi connectivity index (χ4n) is 3.69. The molecule has 0 saturated carbocycles. The van der Waals surface area contributed by atoms with E-state index in [4.69, 9.17) is 14.5 Å². The number of aromatic hydroxyl groups is 1. The van der Waals surface area contributed by atoms with Crippen molar-refractivity contribution in [2.45, 2.75) is 32.4 Å². The first-order chi connectivity index (χ1) is 13.7. The Balaban J connectivity index is 1.76. The number of aliphatic imine (C=N–C) groups is 1. The minimum absolute atomic E-state index is 0.0749. The number of phenolic OH excluding ortho intramolecular Hbond substituents is 1. The minimum Gasteiger partial charge on any atom is -0.507 e. The van der Waals surface area contributed by atoms with E-state index in [9.17, 15) is 5.11 Å². The van der Waals surface area contributed by atoms with E-state index < -0.39 is 0 Å². The van der Waals surface area contributed by atoms with Gasteiger partial charge in [-0.3, -0.25) is 4.99 Å². The number of quaternary nitrogens is 1. The molecular formula is C23H31N2O3+. The van der Waals surface area contributed by atoms with Crippen molar-refractivity contribution in [3.05, 3.63) is 59.7 Å². The number of benzene rings is 2. The van der Waals surface area contributed by atoms with Crippen molar-refractivity contribution in [2.75, 3.05) is 32.9 Å². The van der Waals surface area contributed by atoms with Gasteiger partial charge in [-0.25, -0.2) is 0 Å². The molecule has 0 bridgehead atoms. The largest absolute Gasteiger partial charge is 0.507 e. The topological polar surface area (TPSA) is 55.5 Å². The highest BCUT2D eigenvalue weighted by atomic mass is 16.5. The molecule has 0 spiro atoms. The number of phenols is 1.